The molecule has 0 radical (unpaired) electrons. The summed E-state index contributed by atoms with van der Waals surface area (Å²) in [6.07, 6.45) is 0.936. The highest BCUT2D eigenvalue weighted by Gasteiger charge is 2.13. The number of benzene rings is 1. The van der Waals surface area contributed by atoms with Crippen molar-refractivity contribution in [2.75, 3.05) is 12.9 Å². The minimum absolute atomic E-state index is 0.00586. The van der Waals surface area contributed by atoms with Gasteiger partial charge >= 0.3 is 0 Å². The summed E-state index contributed by atoms with van der Waals surface area (Å²) in [7, 11) is -3.50. The predicted molar refractivity (Wildman–Crippen MR) is 78.2 cm³/mol. The predicted octanol–water partition coefficient (Wildman–Crippen LogP) is 1.83. The van der Waals surface area contributed by atoms with Gasteiger partial charge in [-0.3, -0.25) is 9.52 Å². The summed E-state index contributed by atoms with van der Waals surface area (Å²) in [5.74, 6) is 0.0870. The van der Waals surface area contributed by atoms with Crippen molar-refractivity contribution >= 4 is 15.9 Å². The Labute approximate surface area is 120 Å². The lowest BCUT2D eigenvalue weighted by Crippen LogP contribution is -2.30. The van der Waals surface area contributed by atoms with Gasteiger partial charge in [0.15, 0.2) is 0 Å². The van der Waals surface area contributed by atoms with Gasteiger partial charge in [-0.05, 0) is 23.1 Å². The van der Waals surface area contributed by atoms with Crippen molar-refractivity contribution in [2.24, 2.45) is 0 Å². The Bertz CT molecular complexity index is 556. The summed E-state index contributed by atoms with van der Waals surface area (Å²) in [4.78, 5) is 11.3. The molecule has 0 aromatic heterocycles. The maximum absolute atomic E-state index is 11.3. The molecule has 0 unspecified atom stereocenters. The van der Waals surface area contributed by atoms with E-state index in [4.69, 9.17) is 4.74 Å². The molecule has 0 spiro atoms. The Morgan fingerprint density at radius 1 is 1.20 bits per heavy atom. The zero-order valence-electron chi connectivity index (χ0n) is 12.3. The van der Waals surface area contributed by atoms with E-state index in [9.17, 15) is 13.2 Å². The first-order valence-electron chi connectivity index (χ1n) is 6.32. The summed E-state index contributed by atoms with van der Waals surface area (Å²) in [6, 6.07) is 7.64. The van der Waals surface area contributed by atoms with Crippen LogP contribution < -0.4 is 9.46 Å². The Hall–Kier alpha value is -1.56. The van der Waals surface area contributed by atoms with Crippen LogP contribution in [0.2, 0.25) is 0 Å². The van der Waals surface area contributed by atoms with Gasteiger partial charge in [0.25, 0.3) is 0 Å². The maximum atomic E-state index is 11.3. The van der Waals surface area contributed by atoms with Gasteiger partial charge in [-0.25, -0.2) is 8.42 Å². The first kappa shape index (κ1) is 16.5. The lowest BCUT2D eigenvalue weighted by Gasteiger charge is -2.19. The smallest absolute Gasteiger partial charge is 0.236 e. The van der Waals surface area contributed by atoms with Gasteiger partial charge in [0.2, 0.25) is 15.9 Å². The minimum atomic E-state index is -3.50. The number of carbonyl (C=O) groups is 1. The van der Waals surface area contributed by atoms with E-state index in [1.165, 1.54) is 5.56 Å². The van der Waals surface area contributed by atoms with E-state index >= 15 is 0 Å². The molecule has 0 bridgehead atoms. The fourth-order valence-electron chi connectivity index (χ4n) is 1.57. The van der Waals surface area contributed by atoms with Gasteiger partial charge in [-0.2, -0.15) is 0 Å². The first-order valence-corrected chi connectivity index (χ1v) is 8.21. The molecule has 0 aliphatic rings. The molecular weight excluding hydrogens is 278 g/mol. The molecule has 1 amide bonds. The fraction of sp³-hybridized carbons (Fsp3) is 0.500. The minimum Gasteiger partial charge on any atom is -0.493 e. The molecule has 1 rings (SSSR count). The standard InChI is InChI=1S/C14H21NO4S/c1-14(2,3)11-5-7-12(8-6-11)19-10-9-13(16)15-20(4,17)18/h5-8H,9-10H2,1-4H3,(H,15,16). The van der Waals surface area contributed by atoms with Gasteiger partial charge in [0.05, 0.1) is 19.3 Å². The van der Waals surface area contributed by atoms with E-state index in [0.717, 1.165) is 6.26 Å². The number of sulfonamides is 1. The average molecular weight is 299 g/mol. The summed E-state index contributed by atoms with van der Waals surface area (Å²) in [6.45, 7) is 6.51. The second kappa shape index (κ2) is 6.26. The monoisotopic (exact) mass is 299 g/mol. The molecule has 1 N–H and O–H groups in total. The van der Waals surface area contributed by atoms with Gasteiger partial charge in [0.1, 0.15) is 5.75 Å². The lowest BCUT2D eigenvalue weighted by atomic mass is 9.87. The van der Waals surface area contributed by atoms with E-state index in [-0.39, 0.29) is 18.4 Å². The molecule has 20 heavy (non-hydrogen) atoms. The normalized spacial score (nSPS) is 12.0. The first-order chi connectivity index (χ1) is 9.08. The number of ether oxygens (including phenoxy) is 1. The highest BCUT2D eigenvalue weighted by molar-refractivity contribution is 7.89. The third kappa shape index (κ3) is 6.06. The lowest BCUT2D eigenvalue weighted by molar-refractivity contribution is -0.119. The van der Waals surface area contributed by atoms with Crippen molar-refractivity contribution in [1.82, 2.24) is 4.72 Å². The van der Waals surface area contributed by atoms with Crippen molar-refractivity contribution in [3.63, 3.8) is 0 Å². The zero-order valence-corrected chi connectivity index (χ0v) is 13.1. The molecule has 0 saturated carbocycles. The van der Waals surface area contributed by atoms with E-state index in [1.807, 2.05) is 29.0 Å². The fourth-order valence-corrected chi connectivity index (χ4v) is 2.09. The molecule has 112 valence electrons. The molecule has 0 atom stereocenters. The quantitative estimate of drug-likeness (QED) is 0.900. The van der Waals surface area contributed by atoms with Crippen LogP contribution in [0, 0.1) is 0 Å². The molecule has 1 aromatic rings. The van der Waals surface area contributed by atoms with Crippen LogP contribution in [-0.4, -0.2) is 27.2 Å². The van der Waals surface area contributed by atoms with E-state index in [1.54, 1.807) is 0 Å². The third-order valence-electron chi connectivity index (χ3n) is 2.62. The number of hydrogen-bond acceptors (Lipinski definition) is 4. The number of hydrogen-bond donors (Lipinski definition) is 1. The van der Waals surface area contributed by atoms with E-state index in [0.29, 0.717) is 5.75 Å². The average Bonchev–Trinajstić information content (AvgIpc) is 2.26. The van der Waals surface area contributed by atoms with Gasteiger partial charge in [-0.15, -0.1) is 0 Å². The van der Waals surface area contributed by atoms with Crippen molar-refractivity contribution < 1.29 is 17.9 Å². The van der Waals surface area contributed by atoms with Crippen LogP contribution >= 0.6 is 0 Å². The van der Waals surface area contributed by atoms with Gasteiger partial charge < -0.3 is 4.74 Å². The molecule has 6 heteroatoms. The van der Waals surface area contributed by atoms with Crippen molar-refractivity contribution in [2.45, 2.75) is 32.6 Å². The molecule has 0 aliphatic carbocycles. The SMILES string of the molecule is CC(C)(C)c1ccc(OCCC(=O)NS(C)(=O)=O)cc1. The molecule has 0 saturated heterocycles. The van der Waals surface area contributed by atoms with Crippen LogP contribution in [0.4, 0.5) is 0 Å². The number of nitrogens with one attached hydrogen (secondary N) is 1. The molecule has 0 heterocycles. The topological polar surface area (TPSA) is 72.5 Å². The number of carbonyl (C=O) groups excluding carboxylic acids is 1. The Morgan fingerprint density at radius 3 is 2.20 bits per heavy atom. The summed E-state index contributed by atoms with van der Waals surface area (Å²) < 4.78 is 29.0. The second-order valence-corrected chi connectivity index (χ2v) is 7.42. The summed E-state index contributed by atoms with van der Waals surface area (Å²) in [5.41, 5.74) is 1.27. The Kier molecular flexibility index (Phi) is 5.16. The van der Waals surface area contributed by atoms with Crippen molar-refractivity contribution in [3.8, 4) is 5.75 Å². The zero-order chi connectivity index (χ0) is 15.4. The van der Waals surface area contributed by atoms with Crippen LogP contribution in [0.5, 0.6) is 5.75 Å². The maximum Gasteiger partial charge on any atom is 0.236 e. The van der Waals surface area contributed by atoms with Gasteiger partial charge in [0, 0.05) is 0 Å². The molecule has 5 nitrogen and oxygen atoms in total. The van der Waals surface area contributed by atoms with Crippen LogP contribution in [0.15, 0.2) is 24.3 Å². The molecular formula is C14H21NO4S. The number of rotatable bonds is 5. The van der Waals surface area contributed by atoms with Crippen LogP contribution in [0.25, 0.3) is 0 Å². The van der Waals surface area contributed by atoms with Crippen LogP contribution in [0.3, 0.4) is 0 Å². The van der Waals surface area contributed by atoms with Gasteiger partial charge in [-0.1, -0.05) is 32.9 Å². The molecule has 0 aliphatic heterocycles. The second-order valence-electron chi connectivity index (χ2n) is 5.67. The molecule has 1 aromatic carbocycles. The van der Waals surface area contributed by atoms with E-state index < -0.39 is 15.9 Å². The van der Waals surface area contributed by atoms with Crippen LogP contribution in [-0.2, 0) is 20.2 Å². The summed E-state index contributed by atoms with van der Waals surface area (Å²) in [5, 5.41) is 0. The summed E-state index contributed by atoms with van der Waals surface area (Å²) >= 11 is 0. The highest BCUT2D eigenvalue weighted by atomic mass is 32.2. The Balaban J connectivity index is 2.45. The third-order valence-corrected chi connectivity index (χ3v) is 3.22. The number of amides is 1. The van der Waals surface area contributed by atoms with Crippen molar-refractivity contribution in [3.05, 3.63) is 29.8 Å². The largest absolute Gasteiger partial charge is 0.493 e. The van der Waals surface area contributed by atoms with E-state index in [2.05, 4.69) is 20.8 Å². The van der Waals surface area contributed by atoms with Crippen molar-refractivity contribution in [1.29, 1.82) is 0 Å². The Morgan fingerprint density at radius 2 is 1.75 bits per heavy atom. The highest BCUT2D eigenvalue weighted by Crippen LogP contribution is 2.24. The van der Waals surface area contributed by atoms with Crippen LogP contribution in [0.1, 0.15) is 32.8 Å². The molecule has 0 fully saturated rings.